The van der Waals surface area contributed by atoms with Crippen LogP contribution in [0.1, 0.15) is 5.56 Å². The van der Waals surface area contributed by atoms with Crippen molar-refractivity contribution in [2.24, 2.45) is 0 Å². The van der Waals surface area contributed by atoms with E-state index >= 15 is 0 Å². The highest BCUT2D eigenvalue weighted by atomic mass is 79.9. The highest BCUT2D eigenvalue weighted by Gasteiger charge is 2.17. The van der Waals surface area contributed by atoms with Crippen LogP contribution in [0.2, 0.25) is 0 Å². The minimum Gasteiger partial charge on any atom is -0.378 e. The van der Waals surface area contributed by atoms with Gasteiger partial charge < -0.3 is 4.90 Å². The lowest BCUT2D eigenvalue weighted by atomic mass is 10.2. The first-order valence-electron chi connectivity index (χ1n) is 8.30. The van der Waals surface area contributed by atoms with Crippen LogP contribution in [0.25, 0.3) is 0 Å². The van der Waals surface area contributed by atoms with Crippen LogP contribution in [0.4, 0.5) is 5.69 Å². The Hall–Kier alpha value is -1.36. The molecule has 3 aromatic rings. The van der Waals surface area contributed by atoms with E-state index < -0.39 is 8.80 Å². The van der Waals surface area contributed by atoms with Gasteiger partial charge in [-0.15, -0.1) is 0 Å². The Kier molecular flexibility index (Phi) is 6.15. The molecular formula is C21H21Br2NSi. The summed E-state index contributed by atoms with van der Waals surface area (Å²) in [7, 11) is 2.85. The molecule has 128 valence electrons. The quantitative estimate of drug-likeness (QED) is 0.495. The van der Waals surface area contributed by atoms with Gasteiger partial charge in [0.25, 0.3) is 0 Å². The van der Waals surface area contributed by atoms with Gasteiger partial charge in [0.05, 0.1) is 0 Å². The van der Waals surface area contributed by atoms with Crippen molar-refractivity contribution >= 4 is 56.7 Å². The second kappa shape index (κ2) is 8.34. The summed E-state index contributed by atoms with van der Waals surface area (Å²) >= 11 is 7.11. The van der Waals surface area contributed by atoms with Crippen molar-refractivity contribution in [3.05, 3.63) is 87.3 Å². The van der Waals surface area contributed by atoms with Crippen LogP contribution < -0.4 is 15.3 Å². The Morgan fingerprint density at radius 3 is 1.52 bits per heavy atom. The first-order chi connectivity index (χ1) is 12.0. The van der Waals surface area contributed by atoms with Gasteiger partial charge in [0.2, 0.25) is 0 Å². The molecule has 0 atom stereocenters. The van der Waals surface area contributed by atoms with E-state index in [0.717, 1.165) is 15.0 Å². The molecule has 0 aliphatic rings. The summed E-state index contributed by atoms with van der Waals surface area (Å²) < 4.78 is 2.27. The van der Waals surface area contributed by atoms with Gasteiger partial charge in [-0.3, -0.25) is 0 Å². The van der Waals surface area contributed by atoms with Gasteiger partial charge in [0.1, 0.15) is 8.80 Å². The normalized spacial score (nSPS) is 10.9. The average Bonchev–Trinajstić information content (AvgIpc) is 2.62. The number of nitrogens with zero attached hydrogens (tertiary/aromatic N) is 1. The second-order valence-corrected chi connectivity index (χ2v) is 11.1. The molecule has 0 heterocycles. The predicted octanol–water partition coefficient (Wildman–Crippen LogP) is 4.40. The Balaban J connectivity index is 1.93. The molecule has 0 unspecified atom stereocenters. The maximum absolute atomic E-state index is 3.55. The Morgan fingerprint density at radius 1 is 0.680 bits per heavy atom. The van der Waals surface area contributed by atoms with Crippen molar-refractivity contribution in [3.63, 3.8) is 0 Å². The average molecular weight is 475 g/mol. The molecule has 4 heteroatoms. The Labute approximate surface area is 168 Å². The van der Waals surface area contributed by atoms with Crippen LogP contribution in [-0.2, 0) is 6.04 Å². The van der Waals surface area contributed by atoms with Gasteiger partial charge in [-0.05, 0) is 42.4 Å². The maximum atomic E-state index is 3.55. The van der Waals surface area contributed by atoms with Crippen molar-refractivity contribution in [1.29, 1.82) is 0 Å². The SMILES string of the molecule is CN(C)c1ccc(C[SiH](c2ccc(Br)cc2)c2ccc(Br)cc2)cc1. The molecule has 0 fully saturated rings. The molecule has 0 radical (unpaired) electrons. The highest BCUT2D eigenvalue weighted by molar-refractivity contribution is 9.10. The van der Waals surface area contributed by atoms with E-state index in [4.69, 9.17) is 0 Å². The van der Waals surface area contributed by atoms with Crippen LogP contribution in [0, 0.1) is 0 Å². The van der Waals surface area contributed by atoms with Crippen LogP contribution in [-0.4, -0.2) is 22.9 Å². The van der Waals surface area contributed by atoms with E-state index in [0.29, 0.717) is 0 Å². The first-order valence-corrected chi connectivity index (χ1v) is 11.9. The summed E-state index contributed by atoms with van der Waals surface area (Å²) in [4.78, 5) is 2.14. The largest absolute Gasteiger partial charge is 0.378 e. The molecule has 3 aromatic carbocycles. The number of benzene rings is 3. The minimum atomic E-state index is -1.31. The Bertz CT molecular complexity index is 767. The van der Waals surface area contributed by atoms with Crippen molar-refractivity contribution in [1.82, 2.24) is 0 Å². The van der Waals surface area contributed by atoms with Crippen LogP contribution in [0.5, 0.6) is 0 Å². The standard InChI is InChI=1S/C21H21Br2NSi/c1-24(2)19-9-3-16(4-10-19)15-25(20-11-5-17(22)6-12-20)21-13-7-18(23)8-14-21/h3-14,25H,15H2,1-2H3. The van der Waals surface area contributed by atoms with Gasteiger partial charge in [0.15, 0.2) is 0 Å². The molecule has 1 nitrogen and oxygen atoms in total. The van der Waals surface area contributed by atoms with E-state index in [1.165, 1.54) is 21.6 Å². The second-order valence-electron chi connectivity index (χ2n) is 6.42. The molecule has 0 aliphatic carbocycles. The summed E-state index contributed by atoms with van der Waals surface area (Å²) in [6, 6.07) is 27.8. The van der Waals surface area contributed by atoms with Gasteiger partial charge in [0, 0.05) is 28.7 Å². The number of anilines is 1. The smallest absolute Gasteiger partial charge is 0.107 e. The third-order valence-electron chi connectivity index (χ3n) is 4.44. The van der Waals surface area contributed by atoms with E-state index in [9.17, 15) is 0 Å². The lowest BCUT2D eigenvalue weighted by Gasteiger charge is -2.18. The van der Waals surface area contributed by atoms with Crippen molar-refractivity contribution in [2.45, 2.75) is 6.04 Å². The molecule has 25 heavy (non-hydrogen) atoms. The van der Waals surface area contributed by atoms with Gasteiger partial charge in [-0.2, -0.15) is 0 Å². The molecular weight excluding hydrogens is 454 g/mol. The van der Waals surface area contributed by atoms with Crippen LogP contribution >= 0.6 is 31.9 Å². The lowest BCUT2D eigenvalue weighted by molar-refractivity contribution is 1.13. The third kappa shape index (κ3) is 4.84. The van der Waals surface area contributed by atoms with E-state index in [2.05, 4.69) is 124 Å². The molecule has 0 saturated heterocycles. The van der Waals surface area contributed by atoms with Crippen molar-refractivity contribution < 1.29 is 0 Å². The van der Waals surface area contributed by atoms with Gasteiger partial charge in [-0.1, -0.05) is 84.2 Å². The summed E-state index contributed by atoms with van der Waals surface area (Å²) in [6.45, 7) is 0. The topological polar surface area (TPSA) is 3.24 Å². The molecule has 3 rings (SSSR count). The summed E-state index contributed by atoms with van der Waals surface area (Å²) in [5.74, 6) is 0. The number of hydrogen-bond donors (Lipinski definition) is 0. The molecule has 0 aromatic heterocycles. The van der Waals surface area contributed by atoms with Gasteiger partial charge >= 0.3 is 0 Å². The Morgan fingerprint density at radius 2 is 1.12 bits per heavy atom. The van der Waals surface area contributed by atoms with Gasteiger partial charge in [-0.25, -0.2) is 0 Å². The fourth-order valence-corrected chi connectivity index (χ4v) is 6.43. The first kappa shape index (κ1) is 18.4. The fraction of sp³-hybridized carbons (Fsp3) is 0.143. The zero-order chi connectivity index (χ0) is 17.8. The van der Waals surface area contributed by atoms with E-state index in [1.807, 2.05) is 0 Å². The fourth-order valence-electron chi connectivity index (χ4n) is 2.98. The molecule has 0 aliphatic heterocycles. The number of rotatable bonds is 5. The van der Waals surface area contributed by atoms with E-state index in [-0.39, 0.29) is 0 Å². The zero-order valence-electron chi connectivity index (χ0n) is 14.4. The van der Waals surface area contributed by atoms with Crippen LogP contribution in [0.3, 0.4) is 0 Å². The molecule has 0 bridgehead atoms. The minimum absolute atomic E-state index is 1.12. The number of halogens is 2. The molecule has 0 saturated carbocycles. The molecule has 0 N–H and O–H groups in total. The van der Waals surface area contributed by atoms with Crippen molar-refractivity contribution in [2.75, 3.05) is 19.0 Å². The third-order valence-corrected chi connectivity index (χ3v) is 8.75. The summed E-state index contributed by atoms with van der Waals surface area (Å²) in [5, 5.41) is 2.95. The predicted molar refractivity (Wildman–Crippen MR) is 119 cm³/mol. The monoisotopic (exact) mass is 473 g/mol. The summed E-state index contributed by atoms with van der Waals surface area (Å²) in [6.07, 6.45) is 0. The number of hydrogen-bond acceptors (Lipinski definition) is 1. The highest BCUT2D eigenvalue weighted by Crippen LogP contribution is 2.15. The van der Waals surface area contributed by atoms with Crippen molar-refractivity contribution in [3.8, 4) is 0 Å². The maximum Gasteiger partial charge on any atom is 0.107 e. The summed E-state index contributed by atoms with van der Waals surface area (Å²) in [5.41, 5.74) is 2.65. The molecule has 0 spiro atoms. The zero-order valence-corrected chi connectivity index (χ0v) is 18.7. The van der Waals surface area contributed by atoms with Crippen LogP contribution in [0.15, 0.2) is 81.7 Å². The van der Waals surface area contributed by atoms with E-state index in [1.54, 1.807) is 0 Å². The molecule has 0 amide bonds. The lowest BCUT2D eigenvalue weighted by Crippen LogP contribution is -2.44.